The summed E-state index contributed by atoms with van der Waals surface area (Å²) in [6.07, 6.45) is 3.01. The average Bonchev–Trinajstić information content (AvgIpc) is 2.47. The number of aromatic nitrogens is 1. The first-order chi connectivity index (χ1) is 9.97. The number of rotatable bonds is 4. The Hall–Kier alpha value is -1.82. The molecule has 1 aliphatic heterocycles. The van der Waals surface area contributed by atoms with Crippen molar-refractivity contribution in [3.05, 3.63) is 23.4 Å². The SMILES string of the molecule is CN(CC(=O)O)C(=O)C1CCN(c2ccc(Cl)cn2)CC1. The van der Waals surface area contributed by atoms with Gasteiger partial charge in [-0.3, -0.25) is 9.59 Å². The molecule has 6 nitrogen and oxygen atoms in total. The maximum Gasteiger partial charge on any atom is 0.323 e. The molecule has 1 aromatic heterocycles. The molecule has 2 heterocycles. The molecule has 0 radical (unpaired) electrons. The molecule has 0 unspecified atom stereocenters. The molecule has 1 fully saturated rings. The third kappa shape index (κ3) is 4.07. The number of nitrogens with zero attached hydrogens (tertiary/aromatic N) is 3. The number of piperidine rings is 1. The van der Waals surface area contributed by atoms with Crippen LogP contribution >= 0.6 is 11.6 Å². The molecule has 0 aliphatic carbocycles. The van der Waals surface area contributed by atoms with Crippen molar-refractivity contribution < 1.29 is 14.7 Å². The molecular formula is C14H18ClN3O3. The fraction of sp³-hybridized carbons (Fsp3) is 0.500. The zero-order valence-electron chi connectivity index (χ0n) is 11.8. The summed E-state index contributed by atoms with van der Waals surface area (Å²) >= 11 is 5.81. The van der Waals surface area contributed by atoms with Gasteiger partial charge in [0, 0.05) is 32.3 Å². The number of aliphatic carboxylic acids is 1. The van der Waals surface area contributed by atoms with Crippen LogP contribution in [0.25, 0.3) is 0 Å². The van der Waals surface area contributed by atoms with E-state index in [4.69, 9.17) is 16.7 Å². The Morgan fingerprint density at radius 2 is 2.10 bits per heavy atom. The first kappa shape index (κ1) is 15.6. The average molecular weight is 312 g/mol. The molecule has 0 aromatic carbocycles. The van der Waals surface area contributed by atoms with E-state index in [0.717, 1.165) is 18.9 Å². The van der Waals surface area contributed by atoms with Crippen molar-refractivity contribution in [2.45, 2.75) is 12.8 Å². The van der Waals surface area contributed by atoms with E-state index in [9.17, 15) is 9.59 Å². The number of carbonyl (C=O) groups excluding carboxylic acids is 1. The molecule has 1 aliphatic rings. The number of carboxylic acids is 1. The second kappa shape index (κ2) is 6.76. The van der Waals surface area contributed by atoms with Gasteiger partial charge in [0.1, 0.15) is 12.4 Å². The van der Waals surface area contributed by atoms with Crippen molar-refractivity contribution in [2.75, 3.05) is 31.6 Å². The molecule has 7 heteroatoms. The van der Waals surface area contributed by atoms with Gasteiger partial charge >= 0.3 is 5.97 Å². The number of hydrogen-bond donors (Lipinski definition) is 1. The van der Waals surface area contributed by atoms with Gasteiger partial charge in [0.2, 0.25) is 5.91 Å². The molecule has 114 valence electrons. The van der Waals surface area contributed by atoms with Gasteiger partial charge in [0.05, 0.1) is 5.02 Å². The minimum absolute atomic E-state index is 0.0962. The van der Waals surface area contributed by atoms with Crippen LogP contribution in [0.1, 0.15) is 12.8 Å². The first-order valence-corrected chi connectivity index (χ1v) is 7.18. The monoisotopic (exact) mass is 311 g/mol. The number of carboxylic acid groups (broad SMARTS) is 1. The Morgan fingerprint density at radius 3 is 2.62 bits per heavy atom. The Labute approximate surface area is 128 Å². The topological polar surface area (TPSA) is 73.7 Å². The number of halogens is 1. The lowest BCUT2D eigenvalue weighted by atomic mass is 9.95. The normalized spacial score (nSPS) is 15.8. The Morgan fingerprint density at radius 1 is 1.43 bits per heavy atom. The summed E-state index contributed by atoms with van der Waals surface area (Å²) in [5.74, 6) is -0.350. The molecule has 0 bridgehead atoms. The molecule has 0 spiro atoms. The second-order valence-corrected chi connectivity index (χ2v) is 5.62. The van der Waals surface area contributed by atoms with Crippen molar-refractivity contribution in [1.29, 1.82) is 0 Å². The van der Waals surface area contributed by atoms with E-state index >= 15 is 0 Å². The second-order valence-electron chi connectivity index (χ2n) is 5.18. The van der Waals surface area contributed by atoms with Gasteiger partial charge in [-0.2, -0.15) is 0 Å². The quantitative estimate of drug-likeness (QED) is 0.912. The van der Waals surface area contributed by atoms with Crippen molar-refractivity contribution >= 4 is 29.3 Å². The largest absolute Gasteiger partial charge is 0.480 e. The maximum absolute atomic E-state index is 12.1. The van der Waals surface area contributed by atoms with Gasteiger partial charge in [-0.15, -0.1) is 0 Å². The van der Waals surface area contributed by atoms with E-state index in [1.54, 1.807) is 12.3 Å². The van der Waals surface area contributed by atoms with Gasteiger partial charge < -0.3 is 14.9 Å². The maximum atomic E-state index is 12.1. The minimum atomic E-state index is -0.992. The summed E-state index contributed by atoms with van der Waals surface area (Å²) in [6.45, 7) is 1.20. The van der Waals surface area contributed by atoms with Gasteiger partial charge in [-0.1, -0.05) is 11.6 Å². The number of likely N-dealkylation sites (N-methyl/N-ethyl adjacent to an activating group) is 1. The molecule has 1 saturated heterocycles. The van der Waals surface area contributed by atoms with Gasteiger partial charge in [0.15, 0.2) is 0 Å². The first-order valence-electron chi connectivity index (χ1n) is 6.80. The Balaban J connectivity index is 1.89. The van der Waals surface area contributed by atoms with Crippen molar-refractivity contribution in [1.82, 2.24) is 9.88 Å². The van der Waals surface area contributed by atoms with Gasteiger partial charge in [0.25, 0.3) is 0 Å². The van der Waals surface area contributed by atoms with Crippen LogP contribution in [0.15, 0.2) is 18.3 Å². The summed E-state index contributed by atoms with van der Waals surface area (Å²) < 4.78 is 0. The van der Waals surface area contributed by atoms with Crippen LogP contribution in [0.5, 0.6) is 0 Å². The number of anilines is 1. The van der Waals surface area contributed by atoms with Gasteiger partial charge in [-0.25, -0.2) is 4.98 Å². The number of carbonyl (C=O) groups is 2. The van der Waals surface area contributed by atoms with E-state index in [-0.39, 0.29) is 18.4 Å². The predicted molar refractivity (Wildman–Crippen MR) is 79.5 cm³/mol. The molecule has 1 aromatic rings. The molecule has 0 saturated carbocycles. The van der Waals surface area contributed by atoms with Crippen LogP contribution in [-0.4, -0.2) is 53.5 Å². The molecular weight excluding hydrogens is 294 g/mol. The molecule has 21 heavy (non-hydrogen) atoms. The molecule has 0 atom stereocenters. The molecule has 1 amide bonds. The minimum Gasteiger partial charge on any atom is -0.480 e. The van der Waals surface area contributed by atoms with Crippen LogP contribution in [-0.2, 0) is 9.59 Å². The van der Waals surface area contributed by atoms with Crippen LogP contribution in [0.4, 0.5) is 5.82 Å². The highest BCUT2D eigenvalue weighted by Gasteiger charge is 2.28. The lowest BCUT2D eigenvalue weighted by Crippen LogP contribution is -2.42. The van der Waals surface area contributed by atoms with Crippen LogP contribution in [0.3, 0.4) is 0 Å². The standard InChI is InChI=1S/C14H18ClN3O3/c1-17(9-13(19)20)14(21)10-4-6-18(7-5-10)12-3-2-11(15)8-16-12/h2-3,8,10H,4-7,9H2,1H3,(H,19,20). The van der Waals surface area contributed by atoms with E-state index in [2.05, 4.69) is 9.88 Å². The number of amides is 1. The zero-order valence-corrected chi connectivity index (χ0v) is 12.6. The summed E-state index contributed by atoms with van der Waals surface area (Å²) in [5.41, 5.74) is 0. The Bertz CT molecular complexity index is 513. The zero-order chi connectivity index (χ0) is 15.4. The van der Waals surface area contributed by atoms with Crippen molar-refractivity contribution in [2.24, 2.45) is 5.92 Å². The number of pyridine rings is 1. The fourth-order valence-electron chi connectivity index (χ4n) is 2.50. The van der Waals surface area contributed by atoms with E-state index in [1.165, 1.54) is 11.9 Å². The lowest BCUT2D eigenvalue weighted by molar-refractivity contribution is -0.145. The fourth-order valence-corrected chi connectivity index (χ4v) is 2.61. The van der Waals surface area contributed by atoms with E-state index < -0.39 is 5.97 Å². The Kier molecular flexibility index (Phi) is 5.01. The molecule has 2 rings (SSSR count). The van der Waals surface area contributed by atoms with E-state index in [0.29, 0.717) is 17.9 Å². The summed E-state index contributed by atoms with van der Waals surface area (Å²) in [4.78, 5) is 30.4. The number of hydrogen-bond acceptors (Lipinski definition) is 4. The highest BCUT2D eigenvalue weighted by molar-refractivity contribution is 6.30. The summed E-state index contributed by atoms with van der Waals surface area (Å²) in [5, 5.41) is 9.32. The van der Waals surface area contributed by atoms with Crippen molar-refractivity contribution in [3.8, 4) is 0 Å². The highest BCUT2D eigenvalue weighted by Crippen LogP contribution is 2.23. The van der Waals surface area contributed by atoms with Crippen LogP contribution in [0.2, 0.25) is 5.02 Å². The highest BCUT2D eigenvalue weighted by atomic mass is 35.5. The van der Waals surface area contributed by atoms with Crippen LogP contribution < -0.4 is 4.90 Å². The smallest absolute Gasteiger partial charge is 0.323 e. The summed E-state index contributed by atoms with van der Waals surface area (Å²) in [6, 6.07) is 3.66. The van der Waals surface area contributed by atoms with Gasteiger partial charge in [-0.05, 0) is 25.0 Å². The predicted octanol–water partition coefficient (Wildman–Crippen LogP) is 1.49. The van der Waals surface area contributed by atoms with E-state index in [1.807, 2.05) is 6.07 Å². The van der Waals surface area contributed by atoms with Crippen molar-refractivity contribution in [3.63, 3.8) is 0 Å². The molecule has 1 N–H and O–H groups in total. The van der Waals surface area contributed by atoms with Crippen LogP contribution in [0, 0.1) is 5.92 Å². The third-order valence-electron chi connectivity index (χ3n) is 3.63. The lowest BCUT2D eigenvalue weighted by Gasteiger charge is -2.33. The summed E-state index contributed by atoms with van der Waals surface area (Å²) in [7, 11) is 1.53. The third-order valence-corrected chi connectivity index (χ3v) is 3.85.